The number of carbonyl (C=O) groups excluding carboxylic acids is 1. The molecule has 1 fully saturated rings. The molecule has 10 heteroatoms. The van der Waals surface area contributed by atoms with E-state index in [0.717, 1.165) is 35.9 Å². The maximum atomic E-state index is 13.4. The first-order chi connectivity index (χ1) is 15.3. The number of hydrazone groups is 1. The van der Waals surface area contributed by atoms with Crippen molar-refractivity contribution < 1.29 is 17.9 Å². The summed E-state index contributed by atoms with van der Waals surface area (Å²) in [6.07, 6.45) is 1.53. The van der Waals surface area contributed by atoms with Crippen LogP contribution in [0.2, 0.25) is 5.02 Å². The number of sulfonamides is 1. The molecule has 2 aromatic carbocycles. The lowest BCUT2D eigenvalue weighted by Crippen LogP contribution is -2.40. The van der Waals surface area contributed by atoms with Gasteiger partial charge in [-0.25, -0.2) is 13.8 Å². The average Bonchev–Trinajstić information content (AvgIpc) is 2.78. The van der Waals surface area contributed by atoms with Crippen molar-refractivity contribution in [2.75, 3.05) is 37.6 Å². The molecule has 0 bridgehead atoms. The van der Waals surface area contributed by atoms with Crippen LogP contribution in [0, 0.1) is 0 Å². The summed E-state index contributed by atoms with van der Waals surface area (Å²) in [5.41, 5.74) is 3.74. The number of likely N-dealkylation sites (tertiary alicyclic amines) is 1. The molecule has 0 aromatic heterocycles. The quantitative estimate of drug-likeness (QED) is 0.588. The van der Waals surface area contributed by atoms with Gasteiger partial charge in [-0.3, -0.25) is 9.10 Å². The number of amides is 1. The van der Waals surface area contributed by atoms with Crippen LogP contribution < -0.4 is 14.5 Å². The minimum atomic E-state index is -4.02. The van der Waals surface area contributed by atoms with E-state index in [1.807, 2.05) is 14.0 Å². The maximum absolute atomic E-state index is 13.4. The van der Waals surface area contributed by atoms with Crippen LogP contribution in [-0.2, 0) is 14.8 Å². The Kier molecular flexibility index (Phi) is 8.11. The lowest BCUT2D eigenvalue weighted by atomic mass is 10.1. The van der Waals surface area contributed by atoms with Crippen molar-refractivity contribution in [2.45, 2.75) is 24.7 Å². The highest BCUT2D eigenvalue weighted by Crippen LogP contribution is 2.26. The second-order valence-corrected chi connectivity index (χ2v) is 9.71. The van der Waals surface area contributed by atoms with Gasteiger partial charge in [0.05, 0.1) is 17.2 Å². The van der Waals surface area contributed by atoms with Gasteiger partial charge in [-0.2, -0.15) is 5.10 Å². The monoisotopic (exact) mass is 478 g/mol. The SMILES string of the molecule is CCOc1ccc(N(CC(=O)NN=C2CCN(C)CC2)S(=O)(=O)c2ccc(Cl)cc2)cc1. The molecule has 32 heavy (non-hydrogen) atoms. The smallest absolute Gasteiger partial charge is 0.264 e. The van der Waals surface area contributed by atoms with E-state index in [0.29, 0.717) is 23.1 Å². The molecule has 0 atom stereocenters. The molecule has 3 rings (SSSR count). The number of rotatable bonds is 8. The Hall–Kier alpha value is -2.62. The molecule has 172 valence electrons. The van der Waals surface area contributed by atoms with Gasteiger partial charge in [-0.15, -0.1) is 0 Å². The molecule has 0 aliphatic carbocycles. The van der Waals surface area contributed by atoms with Gasteiger partial charge in [0.15, 0.2) is 0 Å². The van der Waals surface area contributed by atoms with E-state index in [1.54, 1.807) is 24.3 Å². The number of hydrogen-bond donors (Lipinski definition) is 1. The molecule has 1 heterocycles. The largest absolute Gasteiger partial charge is 0.494 e. The van der Waals surface area contributed by atoms with Crippen molar-refractivity contribution in [1.29, 1.82) is 0 Å². The van der Waals surface area contributed by atoms with Crippen LogP contribution in [0.1, 0.15) is 19.8 Å². The predicted octanol–water partition coefficient (Wildman–Crippen LogP) is 3.13. The number of nitrogens with one attached hydrogen (secondary N) is 1. The molecule has 8 nitrogen and oxygen atoms in total. The Morgan fingerprint density at radius 2 is 1.75 bits per heavy atom. The van der Waals surface area contributed by atoms with E-state index in [9.17, 15) is 13.2 Å². The van der Waals surface area contributed by atoms with Crippen molar-refractivity contribution in [3.8, 4) is 5.75 Å². The van der Waals surface area contributed by atoms with Crippen LogP contribution >= 0.6 is 11.6 Å². The van der Waals surface area contributed by atoms with Crippen LogP contribution in [0.15, 0.2) is 58.5 Å². The molecule has 2 aromatic rings. The van der Waals surface area contributed by atoms with Crippen molar-refractivity contribution in [3.63, 3.8) is 0 Å². The Labute approximate surface area is 193 Å². The standard InChI is InChI=1S/C22H27ClN4O4S/c1-3-31-20-8-6-19(7-9-20)27(32(29,30)21-10-4-17(23)5-11-21)16-22(28)25-24-18-12-14-26(2)15-13-18/h4-11H,3,12-16H2,1-2H3,(H,25,28). The van der Waals surface area contributed by atoms with Crippen LogP contribution in [0.3, 0.4) is 0 Å². The molecule has 0 saturated carbocycles. The molecule has 1 saturated heterocycles. The number of carbonyl (C=O) groups is 1. The molecule has 1 N–H and O–H groups in total. The van der Waals surface area contributed by atoms with Gasteiger partial charge >= 0.3 is 0 Å². The van der Waals surface area contributed by atoms with Gasteiger partial charge in [-0.05, 0) is 62.5 Å². The summed E-state index contributed by atoms with van der Waals surface area (Å²) in [5, 5.41) is 4.62. The Morgan fingerprint density at radius 3 is 2.34 bits per heavy atom. The molecule has 0 spiro atoms. The Balaban J connectivity index is 1.84. The molecule has 1 amide bonds. The zero-order valence-corrected chi connectivity index (χ0v) is 19.7. The molecular formula is C22H27ClN4O4S. The first kappa shape index (κ1) is 24.0. The van der Waals surface area contributed by atoms with Gasteiger partial charge in [0.2, 0.25) is 0 Å². The lowest BCUT2D eigenvalue weighted by molar-refractivity contribution is -0.119. The maximum Gasteiger partial charge on any atom is 0.264 e. The van der Waals surface area contributed by atoms with E-state index < -0.39 is 22.5 Å². The van der Waals surface area contributed by atoms with Crippen molar-refractivity contribution >= 4 is 38.9 Å². The fourth-order valence-electron chi connectivity index (χ4n) is 3.22. The summed E-state index contributed by atoms with van der Waals surface area (Å²) in [5.74, 6) is 0.0843. The minimum absolute atomic E-state index is 0.0326. The summed E-state index contributed by atoms with van der Waals surface area (Å²) >= 11 is 5.91. The third-order valence-corrected chi connectivity index (χ3v) is 7.07. The molecular weight excluding hydrogens is 452 g/mol. The molecule has 0 unspecified atom stereocenters. The second-order valence-electron chi connectivity index (χ2n) is 7.41. The summed E-state index contributed by atoms with van der Waals surface area (Å²) in [7, 11) is -1.99. The van der Waals surface area contributed by atoms with Crippen molar-refractivity contribution in [3.05, 3.63) is 53.6 Å². The van der Waals surface area contributed by atoms with E-state index in [2.05, 4.69) is 15.4 Å². The molecule has 0 radical (unpaired) electrons. The van der Waals surface area contributed by atoms with Crippen molar-refractivity contribution in [2.24, 2.45) is 5.10 Å². The average molecular weight is 479 g/mol. The van der Waals surface area contributed by atoms with Gasteiger partial charge in [0.1, 0.15) is 12.3 Å². The number of piperidine rings is 1. The Morgan fingerprint density at radius 1 is 1.12 bits per heavy atom. The predicted molar refractivity (Wildman–Crippen MR) is 126 cm³/mol. The number of benzene rings is 2. The summed E-state index contributed by atoms with van der Waals surface area (Å²) in [4.78, 5) is 14.9. The fourth-order valence-corrected chi connectivity index (χ4v) is 4.77. The highest BCUT2D eigenvalue weighted by atomic mass is 35.5. The zero-order valence-electron chi connectivity index (χ0n) is 18.1. The summed E-state index contributed by atoms with van der Waals surface area (Å²) < 4.78 is 33.2. The number of hydrogen-bond acceptors (Lipinski definition) is 6. The third-order valence-electron chi connectivity index (χ3n) is 5.03. The van der Waals surface area contributed by atoms with Gasteiger partial charge in [0.25, 0.3) is 15.9 Å². The van der Waals surface area contributed by atoms with E-state index in [1.165, 1.54) is 24.3 Å². The topological polar surface area (TPSA) is 91.3 Å². The number of ether oxygens (including phenoxy) is 1. The van der Waals surface area contributed by atoms with E-state index >= 15 is 0 Å². The van der Waals surface area contributed by atoms with E-state index in [-0.39, 0.29) is 4.90 Å². The van der Waals surface area contributed by atoms with Crippen LogP contribution in [0.25, 0.3) is 0 Å². The highest BCUT2D eigenvalue weighted by molar-refractivity contribution is 7.92. The summed E-state index contributed by atoms with van der Waals surface area (Å²) in [6, 6.07) is 12.4. The molecule has 1 aliphatic heterocycles. The Bertz CT molecular complexity index is 1050. The van der Waals surface area contributed by atoms with Gasteiger partial charge in [-0.1, -0.05) is 11.6 Å². The number of halogens is 1. The first-order valence-corrected chi connectivity index (χ1v) is 12.2. The van der Waals surface area contributed by atoms with Crippen molar-refractivity contribution in [1.82, 2.24) is 10.3 Å². The minimum Gasteiger partial charge on any atom is -0.494 e. The van der Waals surface area contributed by atoms with Gasteiger partial charge in [0, 0.05) is 36.7 Å². The highest BCUT2D eigenvalue weighted by Gasteiger charge is 2.27. The first-order valence-electron chi connectivity index (χ1n) is 10.3. The normalized spacial score (nSPS) is 14.7. The molecule has 1 aliphatic rings. The lowest BCUT2D eigenvalue weighted by Gasteiger charge is -2.25. The van der Waals surface area contributed by atoms with Crippen LogP contribution in [0.5, 0.6) is 5.75 Å². The third kappa shape index (κ3) is 6.21. The van der Waals surface area contributed by atoms with Crippen LogP contribution in [-0.4, -0.2) is 58.2 Å². The number of nitrogens with zero attached hydrogens (tertiary/aromatic N) is 3. The zero-order chi connectivity index (χ0) is 23.1. The van der Waals surface area contributed by atoms with E-state index in [4.69, 9.17) is 16.3 Å². The summed E-state index contributed by atoms with van der Waals surface area (Å²) in [6.45, 7) is 3.68. The van der Waals surface area contributed by atoms with Crippen LogP contribution in [0.4, 0.5) is 5.69 Å². The fraction of sp³-hybridized carbons (Fsp3) is 0.364. The second kappa shape index (κ2) is 10.8. The van der Waals surface area contributed by atoms with Gasteiger partial charge < -0.3 is 9.64 Å². The number of anilines is 1.